The molecular weight excluding hydrogens is 230 g/mol. The first-order valence-electron chi connectivity index (χ1n) is 5.32. The summed E-state index contributed by atoms with van der Waals surface area (Å²) >= 11 is 0. The summed E-state index contributed by atoms with van der Waals surface area (Å²) in [5.41, 5.74) is 5.42. The Kier molecular flexibility index (Phi) is 7.27. The van der Waals surface area contributed by atoms with E-state index in [4.69, 9.17) is 10.9 Å². The number of nitrogens with one attached hydrogen (secondary N) is 1. The van der Waals surface area contributed by atoms with Gasteiger partial charge in [0.25, 0.3) is 0 Å². The average Bonchev–Trinajstić information content (AvgIpc) is 2.19. The fraction of sp³-hybridized carbons (Fsp3) is 0.889. The minimum absolute atomic E-state index is 0.0743. The van der Waals surface area contributed by atoms with E-state index in [9.17, 15) is 13.2 Å². The molecule has 96 valence electrons. The number of carbonyl (C=O) groups excluding carboxylic acids is 1. The summed E-state index contributed by atoms with van der Waals surface area (Å²) in [6.45, 7) is 2.89. The van der Waals surface area contributed by atoms with Crippen molar-refractivity contribution in [3.05, 3.63) is 0 Å². The highest BCUT2D eigenvalue weighted by Crippen LogP contribution is 2.02. The second-order valence-electron chi connectivity index (χ2n) is 3.95. The van der Waals surface area contributed by atoms with Crippen LogP contribution in [-0.2, 0) is 14.8 Å². The molecule has 0 bridgehead atoms. The molecular formula is C9H21N3O3S. The van der Waals surface area contributed by atoms with E-state index in [0.29, 0.717) is 31.8 Å². The maximum Gasteiger partial charge on any atom is 0.220 e. The maximum absolute atomic E-state index is 11.3. The molecule has 1 amide bonds. The highest BCUT2D eigenvalue weighted by Gasteiger charge is 2.06. The summed E-state index contributed by atoms with van der Waals surface area (Å²) in [6.07, 6.45) is 1.52. The molecule has 0 radical (unpaired) electrons. The van der Waals surface area contributed by atoms with E-state index in [1.807, 2.05) is 6.92 Å². The Hall–Kier alpha value is -0.660. The Morgan fingerprint density at radius 1 is 1.44 bits per heavy atom. The summed E-state index contributed by atoms with van der Waals surface area (Å²) in [4.78, 5) is 11.3. The largest absolute Gasteiger partial charge is 0.356 e. The van der Waals surface area contributed by atoms with Gasteiger partial charge in [-0.3, -0.25) is 4.79 Å². The molecule has 0 aromatic rings. The Balaban J connectivity index is 3.52. The zero-order chi connectivity index (χ0) is 12.6. The fourth-order valence-electron chi connectivity index (χ4n) is 1.08. The van der Waals surface area contributed by atoms with Gasteiger partial charge in [0.1, 0.15) is 0 Å². The van der Waals surface area contributed by atoms with E-state index in [0.717, 1.165) is 6.42 Å². The smallest absolute Gasteiger partial charge is 0.220 e. The monoisotopic (exact) mass is 251 g/mol. The second kappa shape index (κ2) is 7.59. The first kappa shape index (κ1) is 15.3. The zero-order valence-electron chi connectivity index (χ0n) is 9.61. The average molecular weight is 251 g/mol. The van der Waals surface area contributed by atoms with Crippen LogP contribution in [0.5, 0.6) is 0 Å². The van der Waals surface area contributed by atoms with Crippen LogP contribution in [0.4, 0.5) is 0 Å². The van der Waals surface area contributed by atoms with Crippen LogP contribution >= 0.6 is 0 Å². The van der Waals surface area contributed by atoms with Crippen molar-refractivity contribution in [1.29, 1.82) is 0 Å². The first-order valence-corrected chi connectivity index (χ1v) is 7.04. The van der Waals surface area contributed by atoms with Gasteiger partial charge in [-0.05, 0) is 25.3 Å². The molecule has 0 saturated heterocycles. The van der Waals surface area contributed by atoms with Crippen molar-refractivity contribution < 1.29 is 13.2 Å². The Morgan fingerprint density at radius 3 is 2.56 bits per heavy atom. The van der Waals surface area contributed by atoms with Gasteiger partial charge in [0.2, 0.25) is 15.9 Å². The highest BCUT2D eigenvalue weighted by atomic mass is 32.2. The molecule has 1 unspecified atom stereocenters. The minimum atomic E-state index is -3.42. The number of primary sulfonamides is 1. The van der Waals surface area contributed by atoms with Crippen LogP contribution in [0.15, 0.2) is 0 Å². The van der Waals surface area contributed by atoms with E-state index in [1.165, 1.54) is 0 Å². The molecule has 0 aliphatic carbocycles. The van der Waals surface area contributed by atoms with Gasteiger partial charge in [-0.15, -0.1) is 0 Å². The number of amides is 1. The molecule has 0 spiro atoms. The summed E-state index contributed by atoms with van der Waals surface area (Å²) < 4.78 is 21.2. The molecule has 6 nitrogen and oxygen atoms in total. The lowest BCUT2D eigenvalue weighted by molar-refractivity contribution is -0.121. The predicted octanol–water partition coefficient (Wildman–Crippen LogP) is -0.844. The Labute approximate surface area is 96.8 Å². The number of sulfonamides is 1. The minimum Gasteiger partial charge on any atom is -0.356 e. The molecule has 0 aromatic heterocycles. The Morgan fingerprint density at radius 2 is 2.06 bits per heavy atom. The quantitative estimate of drug-likeness (QED) is 0.488. The van der Waals surface area contributed by atoms with Crippen molar-refractivity contribution in [2.75, 3.05) is 18.8 Å². The Bertz CT molecular complexity index is 303. The molecule has 0 fully saturated rings. The van der Waals surface area contributed by atoms with E-state index >= 15 is 0 Å². The zero-order valence-corrected chi connectivity index (χ0v) is 10.4. The molecule has 0 heterocycles. The van der Waals surface area contributed by atoms with E-state index < -0.39 is 10.0 Å². The maximum atomic E-state index is 11.3. The number of rotatable bonds is 8. The van der Waals surface area contributed by atoms with E-state index in [2.05, 4.69) is 5.32 Å². The van der Waals surface area contributed by atoms with Crippen molar-refractivity contribution in [3.63, 3.8) is 0 Å². The van der Waals surface area contributed by atoms with Crippen LogP contribution in [-0.4, -0.2) is 33.2 Å². The number of hydrogen-bond donors (Lipinski definition) is 3. The molecule has 1 atom stereocenters. The second-order valence-corrected chi connectivity index (χ2v) is 5.68. The summed E-state index contributed by atoms with van der Waals surface area (Å²) in [5, 5.41) is 7.45. The van der Waals surface area contributed by atoms with E-state index in [1.54, 1.807) is 0 Å². The van der Waals surface area contributed by atoms with Crippen LogP contribution < -0.4 is 16.2 Å². The van der Waals surface area contributed by atoms with Gasteiger partial charge in [-0.2, -0.15) is 0 Å². The highest BCUT2D eigenvalue weighted by molar-refractivity contribution is 7.89. The third-order valence-electron chi connectivity index (χ3n) is 2.19. The van der Waals surface area contributed by atoms with Crippen LogP contribution in [0.25, 0.3) is 0 Å². The molecule has 7 heteroatoms. The molecule has 0 aromatic carbocycles. The van der Waals surface area contributed by atoms with Crippen molar-refractivity contribution in [2.45, 2.75) is 26.2 Å². The lowest BCUT2D eigenvalue weighted by Crippen LogP contribution is -2.27. The van der Waals surface area contributed by atoms with Crippen molar-refractivity contribution in [1.82, 2.24) is 5.32 Å². The van der Waals surface area contributed by atoms with Crippen LogP contribution in [0, 0.1) is 5.92 Å². The van der Waals surface area contributed by atoms with Crippen molar-refractivity contribution in [2.24, 2.45) is 16.8 Å². The number of carbonyl (C=O) groups is 1. The summed E-state index contributed by atoms with van der Waals surface area (Å²) in [6, 6.07) is 0. The van der Waals surface area contributed by atoms with Crippen molar-refractivity contribution >= 4 is 15.9 Å². The van der Waals surface area contributed by atoms with Crippen molar-refractivity contribution in [3.8, 4) is 0 Å². The lowest BCUT2D eigenvalue weighted by atomic mass is 10.1. The van der Waals surface area contributed by atoms with Gasteiger partial charge in [0, 0.05) is 13.0 Å². The molecule has 0 aliphatic heterocycles. The standard InChI is InChI=1S/C9H21N3O3S/c1-8(7-10)3-4-9(13)12-5-2-6-16(11,14)15/h8H,2-7,10H2,1H3,(H,12,13)(H2,11,14,15). The van der Waals surface area contributed by atoms with Gasteiger partial charge in [-0.1, -0.05) is 6.92 Å². The van der Waals surface area contributed by atoms with Gasteiger partial charge >= 0.3 is 0 Å². The fourth-order valence-corrected chi connectivity index (χ4v) is 1.63. The lowest BCUT2D eigenvalue weighted by Gasteiger charge is -2.08. The third-order valence-corrected chi connectivity index (χ3v) is 3.05. The van der Waals surface area contributed by atoms with Crippen LogP contribution in [0.1, 0.15) is 26.2 Å². The van der Waals surface area contributed by atoms with Gasteiger partial charge < -0.3 is 11.1 Å². The van der Waals surface area contributed by atoms with Gasteiger partial charge in [0.05, 0.1) is 5.75 Å². The third kappa shape index (κ3) is 9.88. The van der Waals surface area contributed by atoms with Gasteiger partial charge in [-0.25, -0.2) is 13.6 Å². The topological polar surface area (TPSA) is 115 Å². The summed E-state index contributed by atoms with van der Waals surface area (Å²) in [5.74, 6) is 0.150. The number of hydrogen-bond acceptors (Lipinski definition) is 4. The molecule has 0 aliphatic rings. The van der Waals surface area contributed by atoms with Crippen LogP contribution in [0.2, 0.25) is 0 Å². The molecule has 0 rings (SSSR count). The SMILES string of the molecule is CC(CN)CCC(=O)NCCCS(N)(=O)=O. The summed E-state index contributed by atoms with van der Waals surface area (Å²) in [7, 11) is -3.42. The first-order chi connectivity index (χ1) is 7.35. The normalized spacial score (nSPS) is 13.4. The molecule has 0 saturated carbocycles. The van der Waals surface area contributed by atoms with Crippen LogP contribution in [0.3, 0.4) is 0 Å². The molecule has 16 heavy (non-hydrogen) atoms. The van der Waals surface area contributed by atoms with E-state index in [-0.39, 0.29) is 11.7 Å². The number of nitrogens with two attached hydrogens (primary N) is 2. The molecule has 5 N–H and O–H groups in total. The van der Waals surface area contributed by atoms with Gasteiger partial charge in [0.15, 0.2) is 0 Å². The predicted molar refractivity (Wildman–Crippen MR) is 63.1 cm³/mol.